The van der Waals surface area contributed by atoms with Crippen molar-refractivity contribution in [2.24, 2.45) is 5.73 Å². The van der Waals surface area contributed by atoms with Crippen LogP contribution in [0.4, 0.5) is 0 Å². The first kappa shape index (κ1) is 54.7. The van der Waals surface area contributed by atoms with Crippen molar-refractivity contribution < 1.29 is 32.8 Å². The molecule has 0 heterocycles. The molecule has 0 bridgehead atoms. The molecule has 0 aromatic heterocycles. The van der Waals surface area contributed by atoms with Crippen molar-refractivity contribution in [1.29, 1.82) is 0 Å². The molecule has 0 aromatic rings. The van der Waals surface area contributed by atoms with Gasteiger partial charge in [-0.25, -0.2) is 4.57 Å². The normalized spacial score (nSPS) is 13.7. The van der Waals surface area contributed by atoms with E-state index in [0.29, 0.717) is 13.0 Å². The van der Waals surface area contributed by atoms with Crippen LogP contribution in [0, 0.1) is 0 Å². The topological polar surface area (TPSA) is 117 Å². The Bertz CT molecular complexity index is 957. The summed E-state index contributed by atoms with van der Waals surface area (Å²) >= 11 is 0. The maximum absolute atomic E-state index is 12.6. The number of hydrogen-bond donors (Lipinski definition) is 2. The summed E-state index contributed by atoms with van der Waals surface area (Å²) < 4.78 is 33.5. The highest BCUT2D eigenvalue weighted by Gasteiger charge is 2.25. The van der Waals surface area contributed by atoms with E-state index in [9.17, 15) is 14.3 Å². The van der Waals surface area contributed by atoms with Gasteiger partial charge < -0.3 is 20.1 Å². The van der Waals surface area contributed by atoms with Crippen LogP contribution in [-0.4, -0.2) is 49.9 Å². The number of carbonyl (C=O) groups is 1. The molecule has 2 atom stereocenters. The maximum atomic E-state index is 12.6. The predicted molar refractivity (Wildman–Crippen MR) is 238 cm³/mol. The van der Waals surface area contributed by atoms with E-state index in [-0.39, 0.29) is 32.3 Å². The zero-order chi connectivity index (χ0) is 40.9. The molecular formula is C47H90NO7P. The average Bonchev–Trinajstić information content (AvgIpc) is 3.19. The summed E-state index contributed by atoms with van der Waals surface area (Å²) in [4.78, 5) is 22.5. The molecule has 0 aliphatic rings. The van der Waals surface area contributed by atoms with E-state index in [0.717, 1.165) is 57.8 Å². The van der Waals surface area contributed by atoms with E-state index in [1.165, 1.54) is 141 Å². The van der Waals surface area contributed by atoms with Crippen LogP contribution in [0.1, 0.15) is 219 Å². The fraction of sp³-hybridized carbons (Fsp3) is 0.851. The van der Waals surface area contributed by atoms with Gasteiger partial charge in [0.05, 0.1) is 19.8 Å². The van der Waals surface area contributed by atoms with Gasteiger partial charge in [0.25, 0.3) is 0 Å². The third kappa shape index (κ3) is 43.8. The van der Waals surface area contributed by atoms with Crippen molar-refractivity contribution in [1.82, 2.24) is 0 Å². The molecule has 56 heavy (non-hydrogen) atoms. The summed E-state index contributed by atoms with van der Waals surface area (Å²) in [5, 5.41) is 0. The Hall–Kier alpha value is -1.28. The molecule has 0 aliphatic heterocycles. The second-order valence-electron chi connectivity index (χ2n) is 15.6. The van der Waals surface area contributed by atoms with Crippen LogP contribution in [-0.2, 0) is 27.9 Å². The second kappa shape index (κ2) is 44.8. The van der Waals surface area contributed by atoms with Gasteiger partial charge >= 0.3 is 13.8 Å². The number of phosphoric acid groups is 1. The zero-order valence-electron chi connectivity index (χ0n) is 36.6. The fourth-order valence-corrected chi connectivity index (χ4v) is 7.43. The van der Waals surface area contributed by atoms with Crippen LogP contribution in [0.3, 0.4) is 0 Å². The molecule has 0 amide bonds. The van der Waals surface area contributed by atoms with E-state index in [2.05, 4.69) is 50.3 Å². The number of nitrogens with two attached hydrogens (primary N) is 1. The Morgan fingerprint density at radius 1 is 0.554 bits per heavy atom. The average molecular weight is 812 g/mol. The summed E-state index contributed by atoms with van der Waals surface area (Å²) in [7, 11) is -4.28. The Labute approximate surface area is 346 Å². The number of hydrogen-bond acceptors (Lipinski definition) is 7. The van der Waals surface area contributed by atoms with Gasteiger partial charge in [0.1, 0.15) is 6.10 Å². The maximum Gasteiger partial charge on any atom is 0.472 e. The van der Waals surface area contributed by atoms with Crippen LogP contribution in [0.15, 0.2) is 36.5 Å². The summed E-state index contributed by atoms with van der Waals surface area (Å²) in [5.74, 6) is -0.337. The molecule has 0 radical (unpaired) electrons. The Balaban J connectivity index is 3.96. The Morgan fingerprint density at radius 2 is 1.00 bits per heavy atom. The van der Waals surface area contributed by atoms with Crippen molar-refractivity contribution >= 4 is 13.8 Å². The highest BCUT2D eigenvalue weighted by atomic mass is 31.2. The van der Waals surface area contributed by atoms with Crippen molar-refractivity contribution in [2.45, 2.75) is 225 Å². The van der Waals surface area contributed by atoms with E-state index in [1.807, 2.05) is 0 Å². The quantitative estimate of drug-likeness (QED) is 0.0270. The predicted octanol–water partition coefficient (Wildman–Crippen LogP) is 14.2. The smallest absolute Gasteiger partial charge is 0.457 e. The summed E-state index contributed by atoms with van der Waals surface area (Å²) in [6, 6.07) is 0. The Kier molecular flexibility index (Phi) is 43.8. The van der Waals surface area contributed by atoms with Crippen LogP contribution in [0.5, 0.6) is 0 Å². The van der Waals surface area contributed by atoms with E-state index in [4.69, 9.17) is 24.3 Å². The second-order valence-corrected chi connectivity index (χ2v) is 17.1. The first-order valence-corrected chi connectivity index (χ1v) is 25.0. The van der Waals surface area contributed by atoms with E-state index < -0.39 is 13.9 Å². The molecule has 330 valence electrons. The molecule has 0 fully saturated rings. The minimum Gasteiger partial charge on any atom is -0.457 e. The number of carbonyl (C=O) groups excluding carboxylic acids is 1. The van der Waals surface area contributed by atoms with Crippen molar-refractivity contribution in [3.8, 4) is 0 Å². The van der Waals surface area contributed by atoms with Crippen LogP contribution < -0.4 is 5.73 Å². The number of unbranched alkanes of at least 4 members (excludes halogenated alkanes) is 26. The highest BCUT2D eigenvalue weighted by Crippen LogP contribution is 2.43. The fourth-order valence-electron chi connectivity index (χ4n) is 6.66. The van der Waals surface area contributed by atoms with Gasteiger partial charge in [0.15, 0.2) is 0 Å². The number of ether oxygens (including phenoxy) is 2. The highest BCUT2D eigenvalue weighted by molar-refractivity contribution is 7.47. The first-order chi connectivity index (χ1) is 27.4. The lowest BCUT2D eigenvalue weighted by molar-refractivity contribution is -0.154. The van der Waals surface area contributed by atoms with E-state index >= 15 is 0 Å². The molecule has 0 saturated carbocycles. The molecule has 9 heteroatoms. The molecule has 0 aliphatic carbocycles. The van der Waals surface area contributed by atoms with Crippen molar-refractivity contribution in [2.75, 3.05) is 33.0 Å². The number of rotatable bonds is 45. The van der Waals surface area contributed by atoms with Gasteiger partial charge in [-0.2, -0.15) is 0 Å². The van der Waals surface area contributed by atoms with Crippen molar-refractivity contribution in [3.05, 3.63) is 36.5 Å². The minimum atomic E-state index is -4.28. The van der Waals surface area contributed by atoms with Gasteiger partial charge in [-0.05, 0) is 44.9 Å². The van der Waals surface area contributed by atoms with Crippen LogP contribution in [0.2, 0.25) is 0 Å². The van der Waals surface area contributed by atoms with Gasteiger partial charge in [-0.15, -0.1) is 0 Å². The standard InChI is InChI=1S/C47H90NO7P/c1-3-5-7-9-11-13-15-17-19-21-22-23-25-27-29-31-33-35-37-39-42-52-44-46(45-54-56(50,51)53-43-41-48)55-47(49)40-38-36-34-32-30-28-26-24-20-18-16-14-12-10-8-6-4-2/h6,8,12,14,18,20,46H,3-5,7,9-11,13,15-17,19,21-45,48H2,1-2H3,(H,50,51)/b8-6-,14-12-,20-18-. The number of phosphoric ester groups is 1. The molecule has 2 unspecified atom stereocenters. The van der Waals surface area contributed by atoms with Crippen molar-refractivity contribution in [3.63, 3.8) is 0 Å². The molecule has 8 nitrogen and oxygen atoms in total. The van der Waals surface area contributed by atoms with Gasteiger partial charge in [0.2, 0.25) is 0 Å². The lowest BCUT2D eigenvalue weighted by Crippen LogP contribution is -2.28. The van der Waals surface area contributed by atoms with E-state index in [1.54, 1.807) is 0 Å². The summed E-state index contributed by atoms with van der Waals surface area (Å²) in [6.07, 6.45) is 51.7. The third-order valence-corrected chi connectivity index (χ3v) is 11.1. The molecule has 0 spiro atoms. The molecular weight excluding hydrogens is 721 g/mol. The number of allylic oxidation sites excluding steroid dienone is 6. The molecule has 0 aromatic carbocycles. The largest absolute Gasteiger partial charge is 0.472 e. The molecule has 3 N–H and O–H groups in total. The minimum absolute atomic E-state index is 0.0966. The molecule has 0 rings (SSSR count). The summed E-state index contributed by atoms with van der Waals surface area (Å²) in [6.45, 7) is 4.84. The third-order valence-electron chi connectivity index (χ3n) is 10.1. The lowest BCUT2D eigenvalue weighted by Gasteiger charge is -2.20. The Morgan fingerprint density at radius 3 is 1.50 bits per heavy atom. The zero-order valence-corrected chi connectivity index (χ0v) is 37.5. The van der Waals surface area contributed by atoms with Crippen LogP contribution in [0.25, 0.3) is 0 Å². The molecule has 0 saturated heterocycles. The number of esters is 1. The monoisotopic (exact) mass is 812 g/mol. The summed E-state index contributed by atoms with van der Waals surface area (Å²) in [5.41, 5.74) is 5.38. The first-order valence-electron chi connectivity index (χ1n) is 23.5. The lowest BCUT2D eigenvalue weighted by atomic mass is 10.0. The van der Waals surface area contributed by atoms with Crippen LogP contribution >= 0.6 is 7.82 Å². The SMILES string of the molecule is CC/C=C\C/C=C\C/C=C\CCCCCCCCCC(=O)OC(COCCCCCCCCCCCCCCCCCCCCCC)COP(=O)(O)OCCN. The van der Waals surface area contributed by atoms with Gasteiger partial charge in [0, 0.05) is 19.6 Å². The van der Waals surface area contributed by atoms with Gasteiger partial charge in [-0.1, -0.05) is 204 Å². The van der Waals surface area contributed by atoms with Gasteiger partial charge in [-0.3, -0.25) is 13.8 Å².